The smallest absolute Gasteiger partial charge is 0.456 e. The maximum absolute atomic E-state index is 12.3. The predicted molar refractivity (Wildman–Crippen MR) is 82.3 cm³/mol. The molecule has 0 amide bonds. The number of benzene rings is 2. The van der Waals surface area contributed by atoms with Crippen molar-refractivity contribution in [2.45, 2.75) is 6.36 Å². The lowest BCUT2D eigenvalue weighted by Gasteiger charge is -2.11. The summed E-state index contributed by atoms with van der Waals surface area (Å²) < 4.78 is 51.0. The van der Waals surface area contributed by atoms with Crippen molar-refractivity contribution in [2.75, 3.05) is 0 Å². The van der Waals surface area contributed by atoms with Crippen LogP contribution in [0.25, 0.3) is 11.0 Å². The molecule has 1 aromatic heterocycles. The number of hydrogen-bond donors (Lipinski definition) is 0. The van der Waals surface area contributed by atoms with Crippen molar-refractivity contribution in [3.05, 3.63) is 69.1 Å². The zero-order chi connectivity index (χ0) is 18.9. The Morgan fingerprint density at radius 2 is 1.65 bits per heavy atom. The van der Waals surface area contributed by atoms with Gasteiger partial charge in [-0.25, -0.2) is 4.79 Å². The topological polar surface area (TPSA) is 91.8 Å². The van der Waals surface area contributed by atoms with E-state index in [4.69, 9.17) is 9.15 Å². The van der Waals surface area contributed by atoms with Crippen LogP contribution in [0.1, 0.15) is 0 Å². The Hall–Kier alpha value is -3.56. The molecule has 0 aliphatic heterocycles. The van der Waals surface area contributed by atoms with Crippen LogP contribution in [-0.4, -0.2) is 11.3 Å². The van der Waals surface area contributed by atoms with Gasteiger partial charge in [0.25, 0.3) is 5.69 Å². The lowest BCUT2D eigenvalue weighted by atomic mass is 10.2. The molecule has 0 saturated heterocycles. The minimum atomic E-state index is -4.89. The molecule has 0 bridgehead atoms. The van der Waals surface area contributed by atoms with E-state index in [-0.39, 0.29) is 28.2 Å². The van der Waals surface area contributed by atoms with Crippen LogP contribution in [0.4, 0.5) is 18.9 Å². The fourth-order valence-corrected chi connectivity index (χ4v) is 2.16. The van der Waals surface area contributed by atoms with E-state index in [0.717, 1.165) is 18.2 Å². The molecule has 10 heteroatoms. The summed E-state index contributed by atoms with van der Waals surface area (Å²) in [5, 5.41) is 10.9. The Kier molecular flexibility index (Phi) is 4.24. The van der Waals surface area contributed by atoms with Gasteiger partial charge in [-0.3, -0.25) is 10.1 Å². The average Bonchev–Trinajstić information content (AvgIpc) is 2.53. The van der Waals surface area contributed by atoms with Gasteiger partial charge < -0.3 is 13.9 Å². The van der Waals surface area contributed by atoms with Crippen LogP contribution in [0.15, 0.2) is 57.7 Å². The third-order valence-corrected chi connectivity index (χ3v) is 3.19. The molecular weight excluding hydrogens is 359 g/mol. The van der Waals surface area contributed by atoms with Crippen LogP contribution in [-0.2, 0) is 0 Å². The Morgan fingerprint density at radius 3 is 2.27 bits per heavy atom. The molecule has 0 spiro atoms. The van der Waals surface area contributed by atoms with Gasteiger partial charge in [0.15, 0.2) is 0 Å². The van der Waals surface area contributed by atoms with Crippen molar-refractivity contribution < 1.29 is 32.0 Å². The van der Waals surface area contributed by atoms with Gasteiger partial charge in [0, 0.05) is 18.2 Å². The van der Waals surface area contributed by atoms with E-state index in [9.17, 15) is 28.1 Å². The number of nitrogens with zero attached hydrogens (tertiary/aromatic N) is 1. The van der Waals surface area contributed by atoms with Crippen LogP contribution >= 0.6 is 0 Å². The maximum Gasteiger partial charge on any atom is 0.573 e. The van der Waals surface area contributed by atoms with Crippen LogP contribution < -0.4 is 15.1 Å². The van der Waals surface area contributed by atoms with E-state index in [2.05, 4.69) is 4.74 Å². The quantitative estimate of drug-likeness (QED) is 0.386. The predicted octanol–water partition coefficient (Wildman–Crippen LogP) is 4.39. The lowest BCUT2D eigenvalue weighted by Crippen LogP contribution is -2.17. The number of hydrogen-bond acceptors (Lipinski definition) is 6. The van der Waals surface area contributed by atoms with Gasteiger partial charge in [0.2, 0.25) is 0 Å². The molecule has 3 aromatic rings. The lowest BCUT2D eigenvalue weighted by molar-refractivity contribution is -0.384. The van der Waals surface area contributed by atoms with Crippen LogP contribution in [0.3, 0.4) is 0 Å². The first-order valence-electron chi connectivity index (χ1n) is 6.97. The first-order valence-corrected chi connectivity index (χ1v) is 6.97. The highest BCUT2D eigenvalue weighted by molar-refractivity contribution is 5.84. The highest BCUT2D eigenvalue weighted by Crippen LogP contribution is 2.32. The molecule has 0 saturated carbocycles. The van der Waals surface area contributed by atoms with E-state index < -0.39 is 22.7 Å². The van der Waals surface area contributed by atoms with Crippen molar-refractivity contribution in [1.29, 1.82) is 0 Å². The van der Waals surface area contributed by atoms with Crippen molar-refractivity contribution in [2.24, 2.45) is 0 Å². The summed E-state index contributed by atoms with van der Waals surface area (Å²) in [6.45, 7) is 0. The molecule has 134 valence electrons. The Morgan fingerprint density at radius 1 is 1.00 bits per heavy atom. The number of fused-ring (bicyclic) bond motifs is 1. The van der Waals surface area contributed by atoms with Gasteiger partial charge in [-0.2, -0.15) is 0 Å². The molecule has 0 aliphatic rings. The van der Waals surface area contributed by atoms with Crippen molar-refractivity contribution in [3.8, 4) is 17.2 Å². The van der Waals surface area contributed by atoms with Crippen LogP contribution in [0.5, 0.6) is 17.2 Å². The Bertz CT molecular complexity index is 1030. The first-order chi connectivity index (χ1) is 12.2. The third-order valence-electron chi connectivity index (χ3n) is 3.19. The molecular formula is C16H8F3NO6. The highest BCUT2D eigenvalue weighted by Gasteiger charge is 2.31. The summed E-state index contributed by atoms with van der Waals surface area (Å²) in [5.41, 5.74) is -1.17. The number of halogens is 3. The van der Waals surface area contributed by atoms with Gasteiger partial charge in [-0.05, 0) is 24.3 Å². The number of ether oxygens (including phenoxy) is 2. The summed E-state index contributed by atoms with van der Waals surface area (Å²) >= 11 is 0. The van der Waals surface area contributed by atoms with Gasteiger partial charge in [0.05, 0.1) is 16.4 Å². The number of alkyl halides is 3. The van der Waals surface area contributed by atoms with Gasteiger partial charge >= 0.3 is 12.0 Å². The van der Waals surface area contributed by atoms with E-state index in [1.165, 1.54) is 30.3 Å². The SMILES string of the molecule is O=c1cc(Oc2ccc([N+](=O)[O-])cc2)c2ccc(OC(F)(F)F)cc2o1. The molecule has 0 unspecified atom stereocenters. The molecule has 0 radical (unpaired) electrons. The molecule has 3 rings (SSSR count). The molecule has 0 aliphatic carbocycles. The second kappa shape index (κ2) is 6.39. The normalized spacial score (nSPS) is 11.3. The number of nitro groups is 1. The Balaban J connectivity index is 1.97. The zero-order valence-corrected chi connectivity index (χ0v) is 12.6. The van der Waals surface area contributed by atoms with Crippen molar-refractivity contribution in [1.82, 2.24) is 0 Å². The summed E-state index contributed by atoms with van der Waals surface area (Å²) in [6, 6.07) is 9.25. The largest absolute Gasteiger partial charge is 0.573 e. The highest BCUT2D eigenvalue weighted by atomic mass is 19.4. The molecule has 0 fully saturated rings. The van der Waals surface area contributed by atoms with Gasteiger partial charge in [-0.15, -0.1) is 13.2 Å². The second-order valence-corrected chi connectivity index (χ2v) is 4.99. The number of nitro benzene ring substituents is 1. The van der Waals surface area contributed by atoms with Crippen molar-refractivity contribution >= 4 is 16.7 Å². The third kappa shape index (κ3) is 3.91. The summed E-state index contributed by atoms with van der Waals surface area (Å²) in [7, 11) is 0. The molecule has 0 atom stereocenters. The molecule has 2 aromatic carbocycles. The molecule has 7 nitrogen and oxygen atoms in total. The van der Waals surface area contributed by atoms with Crippen molar-refractivity contribution in [3.63, 3.8) is 0 Å². The monoisotopic (exact) mass is 367 g/mol. The summed E-state index contributed by atoms with van der Waals surface area (Å²) in [5.74, 6) is -0.345. The number of non-ortho nitro benzene ring substituents is 1. The minimum Gasteiger partial charge on any atom is -0.456 e. The van der Waals surface area contributed by atoms with E-state index >= 15 is 0 Å². The standard InChI is InChI=1S/C16H8F3NO6/c17-16(18,19)26-11-5-6-12-13(7-11)25-15(21)8-14(12)24-10-3-1-9(2-4-10)20(22)23/h1-8H. The maximum atomic E-state index is 12.3. The zero-order valence-electron chi connectivity index (χ0n) is 12.6. The molecule has 1 heterocycles. The minimum absolute atomic E-state index is 0.0173. The first kappa shape index (κ1) is 17.3. The fraction of sp³-hybridized carbons (Fsp3) is 0.0625. The molecule has 0 N–H and O–H groups in total. The average molecular weight is 367 g/mol. The van der Waals surface area contributed by atoms with Gasteiger partial charge in [0.1, 0.15) is 22.8 Å². The fourth-order valence-electron chi connectivity index (χ4n) is 2.16. The van der Waals surface area contributed by atoms with E-state index in [1.807, 2.05) is 0 Å². The van der Waals surface area contributed by atoms with Crippen LogP contribution in [0.2, 0.25) is 0 Å². The summed E-state index contributed by atoms with van der Waals surface area (Å²) in [4.78, 5) is 21.7. The van der Waals surface area contributed by atoms with E-state index in [0.29, 0.717) is 0 Å². The Labute approximate surface area is 142 Å². The van der Waals surface area contributed by atoms with Crippen LogP contribution in [0, 0.1) is 10.1 Å². The van der Waals surface area contributed by atoms with E-state index in [1.54, 1.807) is 0 Å². The molecule has 26 heavy (non-hydrogen) atoms. The second-order valence-electron chi connectivity index (χ2n) is 4.99. The summed E-state index contributed by atoms with van der Waals surface area (Å²) in [6.07, 6.45) is -4.89. The number of rotatable bonds is 4. The van der Waals surface area contributed by atoms with Gasteiger partial charge in [-0.1, -0.05) is 0 Å².